The molecule has 1 aromatic carbocycles. The normalized spacial score (nSPS) is 17.0. The van der Waals surface area contributed by atoms with E-state index < -0.39 is 6.17 Å². The molecular weight excluding hydrogens is 410 g/mol. The minimum atomic E-state index is -0.980. The molecule has 0 unspecified atom stereocenters. The highest BCUT2D eigenvalue weighted by Crippen LogP contribution is 2.34. The Morgan fingerprint density at radius 2 is 2.07 bits per heavy atom. The van der Waals surface area contributed by atoms with Crippen molar-refractivity contribution in [3.8, 4) is 11.1 Å². The summed E-state index contributed by atoms with van der Waals surface area (Å²) in [5, 5.41) is 3.29. The second-order valence-corrected chi connectivity index (χ2v) is 8.22. The average Bonchev–Trinajstić information content (AvgIpc) is 3.26. The van der Waals surface area contributed by atoms with E-state index in [0.717, 1.165) is 15.8 Å². The van der Waals surface area contributed by atoms with Gasteiger partial charge in [-0.25, -0.2) is 4.39 Å². The number of thiophene rings is 1. The first kappa shape index (κ1) is 18.5. The number of likely N-dealkylation sites (tertiary alicyclic amines) is 1. The molecule has 0 bridgehead atoms. The molecule has 1 aliphatic rings. The third-order valence-corrected chi connectivity index (χ3v) is 6.41. The number of halogens is 3. The van der Waals surface area contributed by atoms with Crippen LogP contribution in [0.4, 0.5) is 4.39 Å². The molecule has 3 heterocycles. The molecule has 27 heavy (non-hydrogen) atoms. The molecular formula is C19H15Cl2FN2O2S. The topological polar surface area (TPSA) is 42.3 Å². The van der Waals surface area contributed by atoms with Gasteiger partial charge in [-0.05, 0) is 30.2 Å². The van der Waals surface area contributed by atoms with Crippen molar-refractivity contribution in [3.63, 3.8) is 0 Å². The van der Waals surface area contributed by atoms with Crippen molar-refractivity contribution in [2.24, 2.45) is 0 Å². The van der Waals surface area contributed by atoms with Crippen LogP contribution in [0, 0.1) is 0 Å². The molecule has 1 fully saturated rings. The fourth-order valence-corrected chi connectivity index (χ4v) is 4.53. The van der Waals surface area contributed by atoms with Crippen LogP contribution in [-0.4, -0.2) is 34.6 Å². The first-order valence-corrected chi connectivity index (χ1v) is 10.1. The number of amides is 1. The number of carbonyl (C=O) groups is 1. The van der Waals surface area contributed by atoms with Crippen LogP contribution < -0.4 is 5.56 Å². The molecule has 0 radical (unpaired) electrons. The van der Waals surface area contributed by atoms with Crippen molar-refractivity contribution in [1.29, 1.82) is 0 Å². The van der Waals surface area contributed by atoms with Crippen molar-refractivity contribution in [3.05, 3.63) is 56.2 Å². The predicted octanol–water partition coefficient (Wildman–Crippen LogP) is 4.61. The van der Waals surface area contributed by atoms with Crippen molar-refractivity contribution >= 4 is 50.5 Å². The molecule has 3 aromatic rings. The summed E-state index contributed by atoms with van der Waals surface area (Å²) in [6, 6.07) is 7.04. The molecule has 1 atom stereocenters. The van der Waals surface area contributed by atoms with Gasteiger partial charge in [-0.1, -0.05) is 29.3 Å². The molecule has 0 N–H and O–H groups in total. The monoisotopic (exact) mass is 424 g/mol. The molecule has 4 nitrogen and oxygen atoms in total. The van der Waals surface area contributed by atoms with Crippen LogP contribution in [0.25, 0.3) is 21.2 Å². The van der Waals surface area contributed by atoms with E-state index in [2.05, 4.69) is 0 Å². The van der Waals surface area contributed by atoms with Crippen molar-refractivity contribution < 1.29 is 9.18 Å². The average molecular weight is 425 g/mol. The summed E-state index contributed by atoms with van der Waals surface area (Å²) in [6.07, 6.45) is 0.984. The highest BCUT2D eigenvalue weighted by Gasteiger charge is 2.26. The third kappa shape index (κ3) is 3.49. The molecule has 140 valence electrons. The lowest BCUT2D eigenvalue weighted by molar-refractivity contribution is -0.131. The van der Waals surface area contributed by atoms with Gasteiger partial charge < -0.3 is 9.47 Å². The molecule has 1 amide bonds. The van der Waals surface area contributed by atoms with Gasteiger partial charge in [0.15, 0.2) is 0 Å². The summed E-state index contributed by atoms with van der Waals surface area (Å²) in [5.41, 5.74) is 1.29. The van der Waals surface area contributed by atoms with Crippen LogP contribution in [0.15, 0.2) is 40.6 Å². The molecule has 1 aliphatic heterocycles. The van der Waals surface area contributed by atoms with Gasteiger partial charge in [0.1, 0.15) is 12.7 Å². The van der Waals surface area contributed by atoms with Gasteiger partial charge >= 0.3 is 0 Å². The highest BCUT2D eigenvalue weighted by atomic mass is 35.5. The van der Waals surface area contributed by atoms with E-state index in [0.29, 0.717) is 28.4 Å². The van der Waals surface area contributed by atoms with Gasteiger partial charge in [0.05, 0.1) is 22.0 Å². The Morgan fingerprint density at radius 3 is 2.78 bits per heavy atom. The van der Waals surface area contributed by atoms with Gasteiger partial charge in [-0.3, -0.25) is 9.59 Å². The largest absolute Gasteiger partial charge is 0.338 e. The lowest BCUT2D eigenvalue weighted by Crippen LogP contribution is -2.35. The van der Waals surface area contributed by atoms with Gasteiger partial charge in [-0.2, -0.15) is 0 Å². The Balaban J connectivity index is 1.72. The third-order valence-electron chi connectivity index (χ3n) is 4.72. The maximum absolute atomic E-state index is 13.3. The number of pyridine rings is 1. The van der Waals surface area contributed by atoms with E-state index in [1.165, 1.54) is 20.8 Å². The lowest BCUT2D eigenvalue weighted by Gasteiger charge is -2.16. The number of fused-ring (bicyclic) bond motifs is 1. The molecule has 4 rings (SSSR count). The van der Waals surface area contributed by atoms with Crippen molar-refractivity contribution in [2.75, 3.05) is 13.1 Å². The lowest BCUT2D eigenvalue weighted by atomic mass is 10.1. The van der Waals surface area contributed by atoms with Crippen LogP contribution in [0.5, 0.6) is 0 Å². The van der Waals surface area contributed by atoms with Gasteiger partial charge in [0, 0.05) is 28.4 Å². The molecule has 0 saturated carbocycles. The van der Waals surface area contributed by atoms with E-state index in [9.17, 15) is 14.0 Å². The second kappa shape index (κ2) is 7.26. The SMILES string of the molecule is O=C(Cn1ccc2scc(-c3ccc(Cl)c(Cl)c3)c2c1=O)N1CC[C@@H](F)C1. The van der Waals surface area contributed by atoms with Gasteiger partial charge in [-0.15, -0.1) is 11.3 Å². The standard InChI is InChI=1S/C19H15Cl2FN2O2S/c20-14-2-1-11(7-15(14)21)13-10-27-16-4-6-24(19(26)18(13)16)9-17(25)23-5-3-12(22)8-23/h1-2,4,6-7,10,12H,3,5,8-9H2/t12-/m1/s1. The quantitative estimate of drug-likeness (QED) is 0.615. The summed E-state index contributed by atoms with van der Waals surface area (Å²) in [4.78, 5) is 26.9. The predicted molar refractivity (Wildman–Crippen MR) is 108 cm³/mol. The maximum Gasteiger partial charge on any atom is 0.260 e. The van der Waals surface area contributed by atoms with E-state index in [4.69, 9.17) is 23.2 Å². The summed E-state index contributed by atoms with van der Waals surface area (Å²) < 4.78 is 15.5. The fourth-order valence-electron chi connectivity index (χ4n) is 3.28. The maximum atomic E-state index is 13.3. The number of alkyl halides is 1. The zero-order valence-corrected chi connectivity index (χ0v) is 16.5. The second-order valence-electron chi connectivity index (χ2n) is 6.49. The van der Waals surface area contributed by atoms with E-state index >= 15 is 0 Å². The fraction of sp³-hybridized carbons (Fsp3) is 0.263. The van der Waals surface area contributed by atoms with E-state index in [-0.39, 0.29) is 24.6 Å². The van der Waals surface area contributed by atoms with Crippen molar-refractivity contribution in [1.82, 2.24) is 9.47 Å². The smallest absolute Gasteiger partial charge is 0.260 e. The minimum absolute atomic E-state index is 0.0991. The van der Waals surface area contributed by atoms with Crippen LogP contribution in [0.2, 0.25) is 10.0 Å². The Bertz CT molecular complexity index is 1090. The highest BCUT2D eigenvalue weighted by molar-refractivity contribution is 7.17. The zero-order chi connectivity index (χ0) is 19.1. The van der Waals surface area contributed by atoms with Crippen molar-refractivity contribution in [2.45, 2.75) is 19.1 Å². The van der Waals surface area contributed by atoms with Crippen LogP contribution in [0.1, 0.15) is 6.42 Å². The summed E-state index contributed by atoms with van der Waals surface area (Å²) >= 11 is 13.5. The Morgan fingerprint density at radius 1 is 1.26 bits per heavy atom. The number of hydrogen-bond donors (Lipinski definition) is 0. The molecule has 1 saturated heterocycles. The van der Waals surface area contributed by atoms with Gasteiger partial charge in [0.25, 0.3) is 5.56 Å². The minimum Gasteiger partial charge on any atom is -0.338 e. The molecule has 8 heteroatoms. The van der Waals surface area contributed by atoms with E-state index in [1.54, 1.807) is 18.3 Å². The van der Waals surface area contributed by atoms with E-state index in [1.807, 2.05) is 17.5 Å². The number of aromatic nitrogens is 1. The first-order valence-electron chi connectivity index (χ1n) is 8.42. The van der Waals surface area contributed by atoms with Crippen LogP contribution in [-0.2, 0) is 11.3 Å². The summed E-state index contributed by atoms with van der Waals surface area (Å²) in [7, 11) is 0. The summed E-state index contributed by atoms with van der Waals surface area (Å²) in [6.45, 7) is 0.394. The first-order chi connectivity index (χ1) is 12.9. The van der Waals surface area contributed by atoms with Crippen LogP contribution in [0.3, 0.4) is 0 Å². The number of benzene rings is 1. The Kier molecular flexibility index (Phi) is 4.97. The number of hydrogen-bond acceptors (Lipinski definition) is 3. The Hall–Kier alpha value is -1.89. The number of carbonyl (C=O) groups excluding carboxylic acids is 1. The number of rotatable bonds is 3. The number of nitrogens with zero attached hydrogens (tertiary/aromatic N) is 2. The Labute approximate surface area is 168 Å². The molecule has 0 aliphatic carbocycles. The zero-order valence-electron chi connectivity index (χ0n) is 14.1. The summed E-state index contributed by atoms with van der Waals surface area (Å²) in [5.74, 6) is -0.247. The molecule has 2 aromatic heterocycles. The molecule has 0 spiro atoms. The van der Waals surface area contributed by atoms with Gasteiger partial charge in [0.2, 0.25) is 5.91 Å². The van der Waals surface area contributed by atoms with Crippen LogP contribution >= 0.6 is 34.5 Å².